The average molecular weight is 290 g/mol. The zero-order valence-electron chi connectivity index (χ0n) is 8.33. The Morgan fingerprint density at radius 3 is 2.69 bits per heavy atom. The number of halogens is 2. The van der Waals surface area contributed by atoms with Crippen LogP contribution >= 0.6 is 15.9 Å². The van der Waals surface area contributed by atoms with Gasteiger partial charge in [0.15, 0.2) is 0 Å². The smallest absolute Gasteiger partial charge is 0.315 e. The lowest BCUT2D eigenvalue weighted by molar-refractivity contribution is -0.144. The summed E-state index contributed by atoms with van der Waals surface area (Å²) >= 11 is 3.12. The van der Waals surface area contributed by atoms with Crippen molar-refractivity contribution in [2.24, 2.45) is 5.92 Å². The van der Waals surface area contributed by atoms with Crippen LogP contribution in [0, 0.1) is 11.7 Å². The van der Waals surface area contributed by atoms with E-state index in [1.807, 2.05) is 0 Å². The van der Waals surface area contributed by atoms with Crippen LogP contribution in [0.4, 0.5) is 10.1 Å². The van der Waals surface area contributed by atoms with E-state index in [9.17, 15) is 14.0 Å². The normalized spacial score (nSPS) is 11.9. The fourth-order valence-electron chi connectivity index (χ4n) is 0.946. The molecular formula is C10H9BrFNO3. The maximum atomic E-state index is 13.2. The zero-order valence-corrected chi connectivity index (χ0v) is 9.92. The summed E-state index contributed by atoms with van der Waals surface area (Å²) in [5.41, 5.74) is -0.0486. The maximum absolute atomic E-state index is 13.2. The monoisotopic (exact) mass is 289 g/mol. The van der Waals surface area contributed by atoms with Gasteiger partial charge in [-0.15, -0.1) is 0 Å². The van der Waals surface area contributed by atoms with Crippen LogP contribution in [0.5, 0.6) is 0 Å². The van der Waals surface area contributed by atoms with Gasteiger partial charge in [-0.2, -0.15) is 0 Å². The van der Waals surface area contributed by atoms with Crippen molar-refractivity contribution in [2.75, 3.05) is 5.32 Å². The lowest BCUT2D eigenvalue weighted by atomic mass is 10.1. The van der Waals surface area contributed by atoms with E-state index in [1.54, 1.807) is 0 Å². The first-order valence-electron chi connectivity index (χ1n) is 4.40. The van der Waals surface area contributed by atoms with Crippen LogP contribution in [0.25, 0.3) is 0 Å². The molecular weight excluding hydrogens is 281 g/mol. The Kier molecular flexibility index (Phi) is 4.00. The summed E-state index contributed by atoms with van der Waals surface area (Å²) in [7, 11) is 0. The van der Waals surface area contributed by atoms with Crippen LogP contribution in [0.15, 0.2) is 22.7 Å². The van der Waals surface area contributed by atoms with Crippen LogP contribution in [0.2, 0.25) is 0 Å². The summed E-state index contributed by atoms with van der Waals surface area (Å²) in [6.07, 6.45) is 0. The van der Waals surface area contributed by atoms with E-state index < -0.39 is 23.6 Å². The molecule has 1 aromatic rings. The van der Waals surface area contributed by atoms with Crippen LogP contribution in [-0.2, 0) is 9.59 Å². The minimum atomic E-state index is -1.26. The van der Waals surface area contributed by atoms with Crippen molar-refractivity contribution < 1.29 is 19.1 Å². The van der Waals surface area contributed by atoms with Crippen molar-refractivity contribution in [2.45, 2.75) is 6.92 Å². The molecule has 1 atom stereocenters. The highest BCUT2D eigenvalue weighted by molar-refractivity contribution is 9.10. The minimum absolute atomic E-state index is 0.0486. The van der Waals surface area contributed by atoms with Crippen molar-refractivity contribution in [3.8, 4) is 0 Å². The molecule has 1 unspecified atom stereocenters. The standard InChI is InChI=1S/C10H9BrFNO3/c1-5(10(15)16)9(14)13-8-4-6(11)2-3-7(8)12/h2-5H,1H3,(H,13,14)(H,15,16). The first-order chi connectivity index (χ1) is 7.41. The molecule has 0 fully saturated rings. The number of carbonyl (C=O) groups is 2. The minimum Gasteiger partial charge on any atom is -0.481 e. The van der Waals surface area contributed by atoms with Crippen LogP contribution < -0.4 is 5.32 Å². The SMILES string of the molecule is CC(C(=O)O)C(=O)Nc1cc(Br)ccc1F. The van der Waals surface area contributed by atoms with Crippen molar-refractivity contribution in [1.29, 1.82) is 0 Å². The predicted molar refractivity (Wildman–Crippen MR) is 59.5 cm³/mol. The molecule has 0 heterocycles. The molecule has 0 saturated carbocycles. The highest BCUT2D eigenvalue weighted by Gasteiger charge is 2.21. The van der Waals surface area contributed by atoms with Gasteiger partial charge in [-0.3, -0.25) is 9.59 Å². The molecule has 0 aromatic heterocycles. The fraction of sp³-hybridized carbons (Fsp3) is 0.200. The molecule has 4 nitrogen and oxygen atoms in total. The number of amides is 1. The van der Waals surface area contributed by atoms with Crippen molar-refractivity contribution in [1.82, 2.24) is 0 Å². The van der Waals surface area contributed by atoms with Gasteiger partial charge in [0.1, 0.15) is 11.7 Å². The van der Waals surface area contributed by atoms with Crippen LogP contribution in [-0.4, -0.2) is 17.0 Å². The third-order valence-electron chi connectivity index (χ3n) is 1.95. The summed E-state index contributed by atoms with van der Waals surface area (Å²) in [5, 5.41) is 10.8. The van der Waals surface area contributed by atoms with Gasteiger partial charge in [-0.05, 0) is 25.1 Å². The van der Waals surface area contributed by atoms with Gasteiger partial charge in [-0.25, -0.2) is 4.39 Å². The second kappa shape index (κ2) is 5.07. The van der Waals surface area contributed by atoms with E-state index in [1.165, 1.54) is 25.1 Å². The van der Waals surface area contributed by atoms with E-state index in [0.29, 0.717) is 4.47 Å². The third-order valence-corrected chi connectivity index (χ3v) is 2.44. The Morgan fingerprint density at radius 1 is 1.50 bits per heavy atom. The number of carboxylic acids is 1. The molecule has 0 radical (unpaired) electrons. The molecule has 1 rings (SSSR count). The van der Waals surface area contributed by atoms with Crippen LogP contribution in [0.3, 0.4) is 0 Å². The number of aliphatic carboxylic acids is 1. The van der Waals surface area contributed by atoms with Gasteiger partial charge >= 0.3 is 5.97 Å². The quantitative estimate of drug-likeness (QED) is 0.839. The van der Waals surface area contributed by atoms with E-state index in [4.69, 9.17) is 5.11 Å². The molecule has 0 bridgehead atoms. The molecule has 2 N–H and O–H groups in total. The molecule has 0 spiro atoms. The first kappa shape index (κ1) is 12.6. The highest BCUT2D eigenvalue weighted by atomic mass is 79.9. The van der Waals surface area contributed by atoms with Gasteiger partial charge in [0.2, 0.25) is 5.91 Å². The van der Waals surface area contributed by atoms with Crippen molar-refractivity contribution in [3.05, 3.63) is 28.5 Å². The topological polar surface area (TPSA) is 66.4 Å². The molecule has 0 aliphatic heterocycles. The van der Waals surface area contributed by atoms with Gasteiger partial charge in [-0.1, -0.05) is 15.9 Å². The summed E-state index contributed by atoms with van der Waals surface area (Å²) in [6.45, 7) is 1.23. The van der Waals surface area contributed by atoms with Crippen molar-refractivity contribution in [3.63, 3.8) is 0 Å². The van der Waals surface area contributed by atoms with Gasteiger partial charge in [0, 0.05) is 4.47 Å². The molecule has 86 valence electrons. The number of nitrogens with one attached hydrogen (secondary N) is 1. The van der Waals surface area contributed by atoms with Crippen molar-refractivity contribution >= 4 is 33.5 Å². The largest absolute Gasteiger partial charge is 0.481 e. The summed E-state index contributed by atoms with van der Waals surface area (Å²) in [4.78, 5) is 21.9. The Hall–Kier alpha value is -1.43. The third kappa shape index (κ3) is 3.03. The Balaban J connectivity index is 2.84. The average Bonchev–Trinajstić information content (AvgIpc) is 2.22. The maximum Gasteiger partial charge on any atom is 0.315 e. The number of hydrogen-bond donors (Lipinski definition) is 2. The van der Waals surface area contributed by atoms with E-state index >= 15 is 0 Å². The van der Waals surface area contributed by atoms with E-state index in [-0.39, 0.29) is 5.69 Å². The number of benzene rings is 1. The second-order valence-electron chi connectivity index (χ2n) is 3.17. The molecule has 16 heavy (non-hydrogen) atoms. The molecule has 0 saturated heterocycles. The summed E-state index contributed by atoms with van der Waals surface area (Å²) < 4.78 is 13.8. The predicted octanol–water partition coefficient (Wildman–Crippen LogP) is 2.25. The van der Waals surface area contributed by atoms with Gasteiger partial charge < -0.3 is 10.4 Å². The first-order valence-corrected chi connectivity index (χ1v) is 5.20. The molecule has 6 heteroatoms. The lowest BCUT2D eigenvalue weighted by Crippen LogP contribution is -2.27. The molecule has 1 aromatic carbocycles. The highest BCUT2D eigenvalue weighted by Crippen LogP contribution is 2.20. The Morgan fingerprint density at radius 2 is 2.12 bits per heavy atom. The number of rotatable bonds is 3. The molecule has 0 aliphatic carbocycles. The summed E-state index contributed by atoms with van der Waals surface area (Å²) in [6, 6.07) is 4.01. The van der Waals surface area contributed by atoms with E-state index in [2.05, 4.69) is 21.2 Å². The number of carboxylic acid groups (broad SMARTS) is 1. The fourth-order valence-corrected chi connectivity index (χ4v) is 1.31. The van der Waals surface area contributed by atoms with Gasteiger partial charge in [0.05, 0.1) is 5.69 Å². The Bertz CT molecular complexity index is 436. The number of carbonyl (C=O) groups excluding carboxylic acids is 1. The molecule has 0 aliphatic rings. The number of hydrogen-bond acceptors (Lipinski definition) is 2. The Labute approximate surface area is 99.6 Å². The second-order valence-corrected chi connectivity index (χ2v) is 4.09. The van der Waals surface area contributed by atoms with Gasteiger partial charge in [0.25, 0.3) is 0 Å². The number of anilines is 1. The summed E-state index contributed by atoms with van der Waals surface area (Å²) in [5.74, 6) is -3.86. The molecule has 1 amide bonds. The van der Waals surface area contributed by atoms with E-state index in [0.717, 1.165) is 0 Å². The van der Waals surface area contributed by atoms with Crippen LogP contribution in [0.1, 0.15) is 6.92 Å². The lowest BCUT2D eigenvalue weighted by Gasteiger charge is -2.09. The zero-order chi connectivity index (χ0) is 12.3.